The van der Waals surface area contributed by atoms with Crippen molar-refractivity contribution in [3.05, 3.63) is 36.0 Å². The van der Waals surface area contributed by atoms with Gasteiger partial charge >= 0.3 is 0 Å². The average Bonchev–Trinajstić information content (AvgIpc) is 2.50. The summed E-state index contributed by atoms with van der Waals surface area (Å²) in [5.41, 5.74) is 1.42. The van der Waals surface area contributed by atoms with Crippen LogP contribution in [0.1, 0.15) is 25.8 Å². The Morgan fingerprint density at radius 1 is 1.36 bits per heavy atom. The molecule has 0 spiro atoms. The Morgan fingerprint density at radius 2 is 2.09 bits per heavy atom. The molecular formula is C16H22N2O3S. The summed E-state index contributed by atoms with van der Waals surface area (Å²) >= 11 is 0. The highest BCUT2D eigenvalue weighted by Crippen LogP contribution is 2.21. The van der Waals surface area contributed by atoms with E-state index in [1.54, 1.807) is 12.3 Å². The predicted octanol–water partition coefficient (Wildman–Crippen LogP) is 2.23. The van der Waals surface area contributed by atoms with Crippen molar-refractivity contribution in [1.29, 1.82) is 0 Å². The fourth-order valence-corrected chi connectivity index (χ4v) is 3.43. The minimum atomic E-state index is -3.71. The van der Waals surface area contributed by atoms with Gasteiger partial charge in [-0.3, -0.25) is 4.98 Å². The number of para-hydroxylation sites is 1. The van der Waals surface area contributed by atoms with E-state index in [1.165, 1.54) is 6.07 Å². The lowest BCUT2D eigenvalue weighted by Crippen LogP contribution is -2.35. The van der Waals surface area contributed by atoms with Crippen LogP contribution in [0.4, 0.5) is 0 Å². The molecule has 6 heteroatoms. The first-order valence-electron chi connectivity index (χ1n) is 7.38. The number of rotatable bonds is 6. The van der Waals surface area contributed by atoms with E-state index >= 15 is 0 Å². The first kappa shape index (κ1) is 16.9. The highest BCUT2D eigenvalue weighted by atomic mass is 32.2. The van der Waals surface area contributed by atoms with Crippen molar-refractivity contribution in [2.24, 2.45) is 5.92 Å². The number of sulfonamides is 1. The van der Waals surface area contributed by atoms with Crippen LogP contribution in [-0.2, 0) is 10.0 Å². The average molecular weight is 322 g/mol. The maximum atomic E-state index is 12.5. The first-order valence-corrected chi connectivity index (χ1v) is 8.86. The Bertz CT molecular complexity index is 759. The highest BCUT2D eigenvalue weighted by Gasteiger charge is 2.21. The number of aromatic nitrogens is 1. The minimum Gasteiger partial charge on any atom is -0.391 e. The number of aliphatic hydroxyl groups excluding tert-OH is 1. The molecule has 0 aliphatic carbocycles. The van der Waals surface area contributed by atoms with Crippen LogP contribution in [0.2, 0.25) is 0 Å². The van der Waals surface area contributed by atoms with Crippen LogP contribution in [0, 0.1) is 12.8 Å². The number of benzene rings is 1. The third kappa shape index (κ3) is 3.63. The molecule has 2 unspecified atom stereocenters. The van der Waals surface area contributed by atoms with Gasteiger partial charge in [0.1, 0.15) is 4.90 Å². The van der Waals surface area contributed by atoms with Crippen molar-refractivity contribution in [3.8, 4) is 0 Å². The zero-order chi connectivity index (χ0) is 16.3. The molecule has 0 amide bonds. The van der Waals surface area contributed by atoms with Crippen molar-refractivity contribution in [3.63, 3.8) is 0 Å². The van der Waals surface area contributed by atoms with Crippen LogP contribution in [-0.4, -0.2) is 31.2 Å². The molecule has 0 bridgehead atoms. The van der Waals surface area contributed by atoms with E-state index in [-0.39, 0.29) is 17.4 Å². The van der Waals surface area contributed by atoms with Crippen LogP contribution >= 0.6 is 0 Å². The van der Waals surface area contributed by atoms with Crippen molar-refractivity contribution in [2.75, 3.05) is 6.54 Å². The third-order valence-electron chi connectivity index (χ3n) is 3.88. The smallest absolute Gasteiger partial charge is 0.242 e. The maximum absolute atomic E-state index is 12.5. The molecule has 2 aromatic rings. The second-order valence-electron chi connectivity index (χ2n) is 5.65. The van der Waals surface area contributed by atoms with Gasteiger partial charge in [-0.15, -0.1) is 0 Å². The second kappa shape index (κ2) is 6.73. The largest absolute Gasteiger partial charge is 0.391 e. The Kier molecular flexibility index (Phi) is 5.16. The molecule has 5 nitrogen and oxygen atoms in total. The Hall–Kier alpha value is -1.50. The molecule has 0 fully saturated rings. The fraction of sp³-hybridized carbons (Fsp3) is 0.438. The number of nitrogens with one attached hydrogen (secondary N) is 1. The van der Waals surface area contributed by atoms with Crippen molar-refractivity contribution in [1.82, 2.24) is 9.71 Å². The van der Waals surface area contributed by atoms with Crippen LogP contribution in [0.5, 0.6) is 0 Å². The number of aliphatic hydroxyl groups is 1. The van der Waals surface area contributed by atoms with Crippen LogP contribution in [0.3, 0.4) is 0 Å². The number of aryl methyl sites for hydroxylation is 1. The monoisotopic (exact) mass is 322 g/mol. The molecule has 0 aliphatic heterocycles. The third-order valence-corrected chi connectivity index (χ3v) is 5.34. The normalized spacial score (nSPS) is 14.9. The zero-order valence-electron chi connectivity index (χ0n) is 13.1. The molecule has 1 aromatic carbocycles. The van der Waals surface area contributed by atoms with Gasteiger partial charge in [-0.1, -0.05) is 32.4 Å². The van der Waals surface area contributed by atoms with Gasteiger partial charge in [-0.2, -0.15) is 0 Å². The van der Waals surface area contributed by atoms with Crippen molar-refractivity contribution in [2.45, 2.75) is 38.2 Å². The Labute approximate surface area is 131 Å². The Morgan fingerprint density at radius 3 is 2.77 bits per heavy atom. The molecule has 120 valence electrons. The maximum Gasteiger partial charge on any atom is 0.242 e. The summed E-state index contributed by atoms with van der Waals surface area (Å²) in [6.07, 6.45) is 1.73. The van der Waals surface area contributed by atoms with E-state index in [9.17, 15) is 13.5 Å². The second-order valence-corrected chi connectivity index (χ2v) is 7.38. The molecule has 1 heterocycles. The molecule has 1 aromatic heterocycles. The summed E-state index contributed by atoms with van der Waals surface area (Å²) in [6.45, 7) is 5.76. The molecule has 2 N–H and O–H groups in total. The van der Waals surface area contributed by atoms with Gasteiger partial charge in [0.15, 0.2) is 0 Å². The van der Waals surface area contributed by atoms with E-state index in [0.717, 1.165) is 17.4 Å². The van der Waals surface area contributed by atoms with Crippen molar-refractivity contribution < 1.29 is 13.5 Å². The summed E-state index contributed by atoms with van der Waals surface area (Å²) in [7, 11) is -3.71. The molecule has 22 heavy (non-hydrogen) atoms. The van der Waals surface area contributed by atoms with Gasteiger partial charge < -0.3 is 5.11 Å². The molecule has 2 rings (SSSR count). The molecular weight excluding hydrogens is 300 g/mol. The number of hydrogen-bond acceptors (Lipinski definition) is 4. The lowest BCUT2D eigenvalue weighted by molar-refractivity contribution is 0.118. The quantitative estimate of drug-likeness (QED) is 0.855. The summed E-state index contributed by atoms with van der Waals surface area (Å²) in [4.78, 5) is 4.38. The highest BCUT2D eigenvalue weighted by molar-refractivity contribution is 7.89. The lowest BCUT2D eigenvalue weighted by atomic mass is 10.0. The number of fused-ring (bicyclic) bond motifs is 1. The van der Waals surface area contributed by atoms with Gasteiger partial charge in [-0.05, 0) is 30.5 Å². The molecule has 0 radical (unpaired) electrons. The summed E-state index contributed by atoms with van der Waals surface area (Å²) in [6, 6.07) is 6.96. The lowest BCUT2D eigenvalue weighted by Gasteiger charge is -2.18. The zero-order valence-corrected chi connectivity index (χ0v) is 13.9. The van der Waals surface area contributed by atoms with E-state index in [1.807, 2.05) is 32.9 Å². The van der Waals surface area contributed by atoms with E-state index < -0.39 is 16.1 Å². The van der Waals surface area contributed by atoms with Crippen LogP contribution in [0.25, 0.3) is 10.9 Å². The molecule has 2 atom stereocenters. The van der Waals surface area contributed by atoms with Gasteiger partial charge in [-0.25, -0.2) is 13.1 Å². The SMILES string of the molecule is CCC(C)C(O)CNS(=O)(=O)c1cccc2cc(C)cnc12. The number of pyridine rings is 1. The summed E-state index contributed by atoms with van der Waals surface area (Å²) in [5.74, 6) is 0.0380. The molecule has 0 saturated heterocycles. The standard InChI is InChI=1S/C16H22N2O3S/c1-4-12(3)14(19)10-18-22(20,21)15-7-5-6-13-8-11(2)9-17-16(13)15/h5-9,12,14,18-19H,4,10H2,1-3H3. The first-order chi connectivity index (χ1) is 10.3. The number of hydrogen-bond donors (Lipinski definition) is 2. The topological polar surface area (TPSA) is 79.3 Å². The van der Waals surface area contributed by atoms with Crippen LogP contribution in [0.15, 0.2) is 35.4 Å². The summed E-state index contributed by atoms with van der Waals surface area (Å²) in [5, 5.41) is 10.7. The summed E-state index contributed by atoms with van der Waals surface area (Å²) < 4.78 is 27.4. The van der Waals surface area contributed by atoms with Crippen molar-refractivity contribution >= 4 is 20.9 Å². The molecule has 0 aliphatic rings. The Balaban J connectivity index is 2.30. The van der Waals surface area contributed by atoms with E-state index in [2.05, 4.69) is 9.71 Å². The fourth-order valence-electron chi connectivity index (χ4n) is 2.21. The number of nitrogens with zero attached hydrogens (tertiary/aromatic N) is 1. The van der Waals surface area contributed by atoms with E-state index in [4.69, 9.17) is 0 Å². The van der Waals surface area contributed by atoms with Gasteiger partial charge in [0.2, 0.25) is 10.0 Å². The van der Waals surface area contributed by atoms with E-state index in [0.29, 0.717) is 5.52 Å². The van der Waals surface area contributed by atoms with Gasteiger partial charge in [0.05, 0.1) is 11.6 Å². The van der Waals surface area contributed by atoms with Crippen LogP contribution < -0.4 is 4.72 Å². The van der Waals surface area contributed by atoms with Gasteiger partial charge in [0.25, 0.3) is 0 Å². The van der Waals surface area contributed by atoms with Gasteiger partial charge in [0, 0.05) is 18.1 Å². The molecule has 0 saturated carbocycles. The predicted molar refractivity (Wildman–Crippen MR) is 87.1 cm³/mol. The minimum absolute atomic E-state index is 0.000408.